The molecule has 1 atom stereocenters. The molecule has 0 saturated carbocycles. The number of carbonyl (C=O) groups is 1. The lowest BCUT2D eigenvalue weighted by Crippen LogP contribution is -2.69. The molecule has 0 unspecified atom stereocenters. The largest absolute Gasteiger partial charge is 0.534 e. The van der Waals surface area contributed by atoms with Crippen molar-refractivity contribution in [3.05, 3.63) is 150 Å². The second-order valence-corrected chi connectivity index (χ2v) is 17.6. The van der Waals surface area contributed by atoms with Crippen LogP contribution in [-0.4, -0.2) is 31.7 Å². The molecule has 0 fully saturated rings. The highest BCUT2D eigenvalue weighted by Gasteiger charge is 2.52. The fourth-order valence-electron chi connectivity index (χ4n) is 6.69. The number of carbonyl (C=O) groups excluding carboxylic acids is 1. The summed E-state index contributed by atoms with van der Waals surface area (Å²) in [5.41, 5.74) is 1.35. The van der Waals surface area contributed by atoms with E-state index in [1.807, 2.05) is 30.3 Å². The smallest absolute Gasteiger partial charge is 0.419 e. The molecule has 0 spiro atoms. The van der Waals surface area contributed by atoms with E-state index in [1.165, 1.54) is 63.8 Å². The first kappa shape index (κ1) is 33.1. The number of hydrogen-bond acceptors (Lipinski definition) is 4. The number of halogens is 2. The number of nitrogens with zero attached hydrogens (tertiary/aromatic N) is 1. The summed E-state index contributed by atoms with van der Waals surface area (Å²) >= 11 is 0. The Kier molecular flexibility index (Phi) is 9.23. The van der Waals surface area contributed by atoms with Gasteiger partial charge in [-0.05, 0) is 94.0 Å². The van der Waals surface area contributed by atoms with Crippen LogP contribution < -0.4 is 19.7 Å². The molecule has 1 N–H and O–H groups in total. The van der Waals surface area contributed by atoms with E-state index >= 15 is 0 Å². The Balaban J connectivity index is 1.27. The monoisotopic (exact) mass is 663 g/mol. The maximum Gasteiger partial charge on any atom is 0.419 e. The predicted molar refractivity (Wildman–Crippen MR) is 188 cm³/mol. The Morgan fingerprint density at radius 1 is 0.771 bits per heavy atom. The molecule has 246 valence electrons. The van der Waals surface area contributed by atoms with Crippen molar-refractivity contribution in [2.75, 3.05) is 11.5 Å². The van der Waals surface area contributed by atoms with Crippen molar-refractivity contribution in [3.63, 3.8) is 0 Å². The molecule has 5 aromatic rings. The highest BCUT2D eigenvalue weighted by atomic mass is 28.4. The fourth-order valence-corrected chi connectivity index (χ4v) is 11.1. The zero-order chi connectivity index (χ0) is 33.9. The van der Waals surface area contributed by atoms with Crippen LogP contribution in [0.3, 0.4) is 0 Å². The van der Waals surface area contributed by atoms with Gasteiger partial charge < -0.3 is 14.3 Å². The van der Waals surface area contributed by atoms with Gasteiger partial charge in [0.2, 0.25) is 0 Å². The molecule has 0 radical (unpaired) electrons. The third-order valence-corrected chi connectivity index (χ3v) is 14.0. The number of fused-ring (bicyclic) bond motifs is 1. The van der Waals surface area contributed by atoms with E-state index in [-0.39, 0.29) is 18.1 Å². The Bertz CT molecular complexity index is 1780. The summed E-state index contributed by atoms with van der Waals surface area (Å²) in [6.45, 7) is 6.46. The summed E-state index contributed by atoms with van der Waals surface area (Å²) in [5.74, 6) is -0.112. The summed E-state index contributed by atoms with van der Waals surface area (Å²) in [4.78, 5) is 14.7. The fraction of sp³-hybridized carbons (Fsp3) is 0.225. The van der Waals surface area contributed by atoms with Crippen LogP contribution in [0.4, 0.5) is 25.0 Å². The minimum atomic E-state index is -2.88. The third kappa shape index (κ3) is 6.63. The van der Waals surface area contributed by atoms with Gasteiger partial charge in [-0.15, -0.1) is 0 Å². The van der Waals surface area contributed by atoms with Crippen molar-refractivity contribution in [2.24, 2.45) is 0 Å². The summed E-state index contributed by atoms with van der Waals surface area (Å²) in [7, 11) is -2.88. The van der Waals surface area contributed by atoms with Gasteiger partial charge in [0.25, 0.3) is 0 Å². The molecule has 0 aliphatic heterocycles. The molecule has 0 heterocycles. The van der Waals surface area contributed by atoms with Crippen molar-refractivity contribution < 1.29 is 27.8 Å². The van der Waals surface area contributed by atoms with Crippen LogP contribution in [0.5, 0.6) is 5.75 Å². The Hall–Kier alpha value is -4.79. The zero-order valence-electron chi connectivity index (χ0n) is 27.3. The lowest BCUT2D eigenvalue weighted by atomic mass is 9.80. The maximum absolute atomic E-state index is 13.7. The first-order valence-corrected chi connectivity index (χ1v) is 18.0. The van der Waals surface area contributed by atoms with Crippen LogP contribution in [0.15, 0.2) is 127 Å². The molecule has 8 heteroatoms. The SMILES string of the molecule is CC(C)(C)[Si](Oc1cccc2c1CC[C@](O)(COC(=O)N(c1ccc(F)cc1)c1ccc(F)cc1)C2)(c1ccccc1)c1ccccc1. The summed E-state index contributed by atoms with van der Waals surface area (Å²) < 4.78 is 40.5. The van der Waals surface area contributed by atoms with Gasteiger partial charge in [0.1, 0.15) is 29.6 Å². The van der Waals surface area contributed by atoms with E-state index in [0.29, 0.717) is 24.2 Å². The van der Waals surface area contributed by atoms with Crippen molar-refractivity contribution in [1.29, 1.82) is 0 Å². The van der Waals surface area contributed by atoms with Gasteiger partial charge in [-0.25, -0.2) is 18.5 Å². The summed E-state index contributed by atoms with van der Waals surface area (Å²) in [5, 5.41) is 13.9. The molecule has 0 bridgehead atoms. The molecular weight excluding hydrogens is 625 g/mol. The van der Waals surface area contributed by atoms with E-state index in [2.05, 4.69) is 69.3 Å². The Morgan fingerprint density at radius 3 is 1.79 bits per heavy atom. The summed E-state index contributed by atoms with van der Waals surface area (Å²) in [6, 6.07) is 37.6. The lowest BCUT2D eigenvalue weighted by molar-refractivity contribution is -0.0296. The van der Waals surface area contributed by atoms with Crippen LogP contribution in [0.2, 0.25) is 5.04 Å². The van der Waals surface area contributed by atoms with Gasteiger partial charge in [-0.1, -0.05) is 93.6 Å². The first-order chi connectivity index (χ1) is 23.0. The van der Waals surface area contributed by atoms with Gasteiger partial charge in [0.15, 0.2) is 0 Å². The average molecular weight is 664 g/mol. The number of aliphatic hydroxyl groups is 1. The van der Waals surface area contributed by atoms with E-state index in [4.69, 9.17) is 9.16 Å². The van der Waals surface area contributed by atoms with E-state index < -0.39 is 31.6 Å². The molecule has 0 aromatic heterocycles. The van der Waals surface area contributed by atoms with Gasteiger partial charge in [-0.3, -0.25) is 0 Å². The minimum Gasteiger partial charge on any atom is -0.534 e. The second kappa shape index (κ2) is 13.4. The van der Waals surface area contributed by atoms with E-state index in [9.17, 15) is 18.7 Å². The van der Waals surface area contributed by atoms with E-state index in [1.54, 1.807) is 0 Å². The van der Waals surface area contributed by atoms with Crippen LogP contribution in [0.25, 0.3) is 0 Å². The zero-order valence-corrected chi connectivity index (χ0v) is 28.3. The number of ether oxygens (including phenoxy) is 1. The van der Waals surface area contributed by atoms with Crippen LogP contribution in [0.1, 0.15) is 38.3 Å². The Morgan fingerprint density at radius 2 is 1.29 bits per heavy atom. The van der Waals surface area contributed by atoms with Crippen molar-refractivity contribution >= 4 is 36.2 Å². The second-order valence-electron chi connectivity index (χ2n) is 13.4. The van der Waals surface area contributed by atoms with Crippen molar-refractivity contribution in [1.82, 2.24) is 0 Å². The molecule has 48 heavy (non-hydrogen) atoms. The van der Waals surface area contributed by atoms with Crippen molar-refractivity contribution in [2.45, 2.75) is 50.7 Å². The quantitative estimate of drug-likeness (QED) is 0.171. The number of benzene rings is 5. The molecular formula is C40H39F2NO4Si. The molecule has 1 aliphatic carbocycles. The number of anilines is 2. The van der Waals surface area contributed by atoms with Crippen LogP contribution >= 0.6 is 0 Å². The molecule has 1 aliphatic rings. The van der Waals surface area contributed by atoms with Crippen LogP contribution in [0, 0.1) is 11.6 Å². The molecule has 1 amide bonds. The number of rotatable bonds is 8. The summed E-state index contributed by atoms with van der Waals surface area (Å²) in [6.07, 6.45) is 0.371. The average Bonchev–Trinajstić information content (AvgIpc) is 3.08. The predicted octanol–water partition coefficient (Wildman–Crippen LogP) is 8.10. The van der Waals surface area contributed by atoms with Gasteiger partial charge in [0, 0.05) is 6.42 Å². The highest BCUT2D eigenvalue weighted by Crippen LogP contribution is 2.41. The molecule has 0 saturated heterocycles. The van der Waals surface area contributed by atoms with Gasteiger partial charge in [-0.2, -0.15) is 0 Å². The number of hydrogen-bond donors (Lipinski definition) is 1. The molecule has 5 nitrogen and oxygen atoms in total. The normalized spacial score (nSPS) is 16.1. The van der Waals surface area contributed by atoms with Gasteiger partial charge >= 0.3 is 14.4 Å². The highest BCUT2D eigenvalue weighted by molar-refractivity contribution is 7.00. The standard InChI is InChI=1S/C40H39F2NO4Si/c1-39(2,3)48(34-12-6-4-7-13-34,35-14-8-5-9-15-35)47-37-16-10-11-29-27-40(45,26-25-36(29)37)28-46-38(44)43(32-21-17-30(41)18-22-32)33-23-19-31(42)20-24-33/h4-24,45H,25-28H2,1-3H3/t40-/m1/s1. The maximum atomic E-state index is 13.7. The first-order valence-electron chi connectivity index (χ1n) is 16.1. The third-order valence-electron chi connectivity index (χ3n) is 9.09. The topological polar surface area (TPSA) is 59.0 Å². The molecule has 5 aromatic carbocycles. The number of amides is 1. The van der Waals surface area contributed by atoms with Crippen molar-refractivity contribution in [3.8, 4) is 5.75 Å². The van der Waals surface area contributed by atoms with Crippen LogP contribution in [-0.2, 0) is 17.6 Å². The lowest BCUT2D eigenvalue weighted by Gasteiger charge is -2.44. The van der Waals surface area contributed by atoms with E-state index in [0.717, 1.165) is 16.9 Å². The Labute approximate surface area is 281 Å². The molecule has 6 rings (SSSR count). The minimum absolute atomic E-state index is 0.219. The van der Waals surface area contributed by atoms with Gasteiger partial charge in [0.05, 0.1) is 11.4 Å².